The zero-order chi connectivity index (χ0) is 13.4. The first-order chi connectivity index (χ1) is 8.72. The summed E-state index contributed by atoms with van der Waals surface area (Å²) in [6.07, 6.45) is 5.24. The van der Waals surface area contributed by atoms with Gasteiger partial charge in [0.15, 0.2) is 0 Å². The summed E-state index contributed by atoms with van der Waals surface area (Å²) in [6, 6.07) is 1.24. The van der Waals surface area contributed by atoms with E-state index in [1.165, 1.54) is 12.8 Å². The van der Waals surface area contributed by atoms with Gasteiger partial charge in [-0.2, -0.15) is 4.98 Å². The molecule has 0 amide bonds. The molecule has 0 aliphatic heterocycles. The largest absolute Gasteiger partial charge is 0.432 e. The minimum Gasteiger partial charge on any atom is -0.432 e. The molecule has 104 valence electrons. The fourth-order valence-corrected chi connectivity index (χ4v) is 1.82. The van der Waals surface area contributed by atoms with Crippen LogP contribution in [-0.2, 0) is 6.54 Å². The monoisotopic (exact) mass is 253 g/mol. The van der Waals surface area contributed by atoms with Crippen LogP contribution in [0.25, 0.3) is 0 Å². The van der Waals surface area contributed by atoms with Crippen LogP contribution in [0.1, 0.15) is 52.7 Å². The van der Waals surface area contributed by atoms with E-state index in [0.29, 0.717) is 6.04 Å². The summed E-state index contributed by atoms with van der Waals surface area (Å²) in [5.41, 5.74) is 0.983. The van der Waals surface area contributed by atoms with Gasteiger partial charge in [0.1, 0.15) is 6.26 Å². The van der Waals surface area contributed by atoms with Gasteiger partial charge in [-0.15, -0.1) is 0 Å². The topological polar surface area (TPSA) is 41.3 Å². The highest BCUT2D eigenvalue weighted by molar-refractivity contribution is 5.28. The average molecular weight is 253 g/mol. The molecule has 1 heterocycles. The van der Waals surface area contributed by atoms with Gasteiger partial charge in [-0.25, -0.2) is 0 Å². The van der Waals surface area contributed by atoms with E-state index in [1.807, 2.05) is 0 Å². The Hall–Kier alpha value is -1.03. The molecular formula is C14H27N3O. The van der Waals surface area contributed by atoms with E-state index in [0.717, 1.165) is 37.8 Å². The lowest BCUT2D eigenvalue weighted by Crippen LogP contribution is -2.33. The van der Waals surface area contributed by atoms with E-state index in [-0.39, 0.29) is 0 Å². The maximum absolute atomic E-state index is 5.62. The highest BCUT2D eigenvalue weighted by Gasteiger charge is 2.17. The molecule has 0 fully saturated rings. The third-order valence-corrected chi connectivity index (χ3v) is 3.22. The van der Waals surface area contributed by atoms with Crippen molar-refractivity contribution < 1.29 is 4.42 Å². The van der Waals surface area contributed by atoms with Gasteiger partial charge < -0.3 is 14.6 Å². The third-order valence-electron chi connectivity index (χ3n) is 3.22. The molecule has 0 saturated carbocycles. The van der Waals surface area contributed by atoms with Crippen molar-refractivity contribution in [3.05, 3.63) is 12.0 Å². The maximum Gasteiger partial charge on any atom is 0.297 e. The zero-order valence-electron chi connectivity index (χ0n) is 12.2. The molecule has 1 N–H and O–H groups in total. The highest BCUT2D eigenvalue weighted by atomic mass is 16.4. The molecule has 0 aliphatic carbocycles. The number of oxazole rings is 1. The lowest BCUT2D eigenvalue weighted by Gasteiger charge is -2.26. The number of nitrogens with zero attached hydrogens (tertiary/aromatic N) is 2. The van der Waals surface area contributed by atoms with Crippen LogP contribution in [0.2, 0.25) is 0 Å². The third kappa shape index (κ3) is 4.33. The molecular weight excluding hydrogens is 226 g/mol. The lowest BCUT2D eigenvalue weighted by atomic mass is 10.2. The number of unbranched alkanes of at least 4 members (excludes halogenated alkanes) is 1. The van der Waals surface area contributed by atoms with Gasteiger partial charge >= 0.3 is 0 Å². The smallest absolute Gasteiger partial charge is 0.297 e. The predicted molar refractivity (Wildman–Crippen MR) is 75.9 cm³/mol. The molecule has 18 heavy (non-hydrogen) atoms. The minimum atomic E-state index is 0.474. The summed E-state index contributed by atoms with van der Waals surface area (Å²) in [6.45, 7) is 11.5. The van der Waals surface area contributed by atoms with Gasteiger partial charge in [-0.1, -0.05) is 27.2 Å². The average Bonchev–Trinajstić information content (AvgIpc) is 2.85. The molecule has 1 aromatic heterocycles. The molecule has 4 nitrogen and oxygen atoms in total. The van der Waals surface area contributed by atoms with Gasteiger partial charge in [0.25, 0.3) is 6.01 Å². The van der Waals surface area contributed by atoms with Crippen LogP contribution < -0.4 is 10.2 Å². The number of rotatable bonds is 9. The number of nitrogens with one attached hydrogen (secondary N) is 1. The Morgan fingerprint density at radius 1 is 1.39 bits per heavy atom. The molecule has 1 rings (SSSR count). The Bertz CT molecular complexity index is 325. The minimum absolute atomic E-state index is 0.474. The SMILES string of the molecule is CCCCN(c1nc(CNCC)co1)C(C)CC. The number of anilines is 1. The molecule has 0 bridgehead atoms. The van der Waals surface area contributed by atoms with Crippen LogP contribution in [0.5, 0.6) is 0 Å². The molecule has 4 heteroatoms. The standard InChI is InChI=1S/C14H27N3O/c1-5-8-9-17(12(4)6-2)14-16-13(11-18-14)10-15-7-3/h11-12,15H,5-10H2,1-4H3. The van der Waals surface area contributed by atoms with Gasteiger partial charge in [0.05, 0.1) is 5.69 Å². The second-order valence-corrected chi connectivity index (χ2v) is 4.71. The van der Waals surface area contributed by atoms with Gasteiger partial charge in [0, 0.05) is 19.1 Å². The molecule has 1 unspecified atom stereocenters. The van der Waals surface area contributed by atoms with Crippen molar-refractivity contribution in [3.8, 4) is 0 Å². The first kappa shape index (κ1) is 15.0. The molecule has 0 saturated heterocycles. The Morgan fingerprint density at radius 2 is 2.17 bits per heavy atom. The predicted octanol–water partition coefficient (Wildman–Crippen LogP) is 3.19. The Balaban J connectivity index is 2.68. The van der Waals surface area contributed by atoms with Crippen LogP contribution in [-0.4, -0.2) is 24.1 Å². The van der Waals surface area contributed by atoms with Crippen LogP contribution in [0.3, 0.4) is 0 Å². The van der Waals surface area contributed by atoms with Crippen molar-refractivity contribution in [1.82, 2.24) is 10.3 Å². The molecule has 0 spiro atoms. The fourth-order valence-electron chi connectivity index (χ4n) is 1.82. The fraction of sp³-hybridized carbons (Fsp3) is 0.786. The number of hydrogen-bond donors (Lipinski definition) is 1. The first-order valence-electron chi connectivity index (χ1n) is 7.14. The van der Waals surface area contributed by atoms with Crippen molar-refractivity contribution in [2.24, 2.45) is 0 Å². The summed E-state index contributed by atoms with van der Waals surface area (Å²) < 4.78 is 5.62. The molecule has 0 radical (unpaired) electrons. The second kappa shape index (κ2) is 8.14. The van der Waals surface area contributed by atoms with Crippen molar-refractivity contribution in [2.75, 3.05) is 18.0 Å². The molecule has 0 aromatic carbocycles. The summed E-state index contributed by atoms with van der Waals surface area (Å²) in [5.74, 6) is 0. The first-order valence-corrected chi connectivity index (χ1v) is 7.14. The van der Waals surface area contributed by atoms with Gasteiger partial charge in [0.2, 0.25) is 0 Å². The summed E-state index contributed by atoms with van der Waals surface area (Å²) in [4.78, 5) is 6.84. The van der Waals surface area contributed by atoms with Crippen molar-refractivity contribution >= 4 is 6.01 Å². The van der Waals surface area contributed by atoms with Crippen molar-refractivity contribution in [1.29, 1.82) is 0 Å². The van der Waals surface area contributed by atoms with E-state index in [2.05, 4.69) is 42.9 Å². The highest BCUT2D eigenvalue weighted by Crippen LogP contribution is 2.18. The van der Waals surface area contributed by atoms with Crippen molar-refractivity contribution in [3.63, 3.8) is 0 Å². The van der Waals surface area contributed by atoms with Gasteiger partial charge in [-0.3, -0.25) is 0 Å². The normalized spacial score (nSPS) is 12.7. The van der Waals surface area contributed by atoms with Crippen molar-refractivity contribution in [2.45, 2.75) is 59.5 Å². The molecule has 0 aliphatic rings. The molecule has 1 aromatic rings. The van der Waals surface area contributed by atoms with Crippen LogP contribution in [0, 0.1) is 0 Å². The number of aromatic nitrogens is 1. The number of hydrogen-bond acceptors (Lipinski definition) is 4. The summed E-state index contributed by atoms with van der Waals surface area (Å²) in [5, 5.41) is 3.26. The van der Waals surface area contributed by atoms with Crippen LogP contribution in [0.4, 0.5) is 6.01 Å². The Labute approximate surface area is 111 Å². The molecule has 1 atom stereocenters. The maximum atomic E-state index is 5.62. The van der Waals surface area contributed by atoms with Crippen LogP contribution >= 0.6 is 0 Å². The Morgan fingerprint density at radius 3 is 2.78 bits per heavy atom. The Kier molecular flexibility index (Phi) is 6.80. The van der Waals surface area contributed by atoms with Crippen LogP contribution in [0.15, 0.2) is 10.7 Å². The summed E-state index contributed by atoms with van der Waals surface area (Å²) in [7, 11) is 0. The lowest BCUT2D eigenvalue weighted by molar-refractivity contribution is 0.489. The van der Waals surface area contributed by atoms with E-state index in [4.69, 9.17) is 4.42 Å². The quantitative estimate of drug-likeness (QED) is 0.734. The second-order valence-electron chi connectivity index (χ2n) is 4.71. The van der Waals surface area contributed by atoms with E-state index < -0.39 is 0 Å². The van der Waals surface area contributed by atoms with E-state index >= 15 is 0 Å². The zero-order valence-corrected chi connectivity index (χ0v) is 12.2. The summed E-state index contributed by atoms with van der Waals surface area (Å²) >= 11 is 0. The van der Waals surface area contributed by atoms with E-state index in [9.17, 15) is 0 Å². The van der Waals surface area contributed by atoms with E-state index in [1.54, 1.807) is 6.26 Å². The van der Waals surface area contributed by atoms with Gasteiger partial charge in [-0.05, 0) is 26.3 Å².